The van der Waals surface area contributed by atoms with E-state index in [1.807, 2.05) is 0 Å². The molecule has 0 bridgehead atoms. The van der Waals surface area contributed by atoms with Crippen molar-refractivity contribution in [3.05, 3.63) is 0 Å². The fourth-order valence-corrected chi connectivity index (χ4v) is 3.15. The Hall–Kier alpha value is -0.540. The number of hydrogen-bond donors (Lipinski definition) is 0. The van der Waals surface area contributed by atoms with E-state index in [2.05, 4.69) is 14.8 Å². The molecule has 27 heavy (non-hydrogen) atoms. The maximum atomic E-state index is 14.6. The third-order valence-corrected chi connectivity index (χ3v) is 5.21. The standard InChI is InChI=1S/C18H32F6O3/c1-7-11-13(9-3)15(5,19)17(21,22)25-27-26-18(23,24)16(6,20)14(10-4)12-8-2/h13-14H,7-12H2,1-6H3. The van der Waals surface area contributed by atoms with Gasteiger partial charge in [0.25, 0.3) is 0 Å². The van der Waals surface area contributed by atoms with Gasteiger partial charge in [-0.15, -0.1) is 9.78 Å². The molecule has 0 aliphatic rings. The predicted molar refractivity (Wildman–Crippen MR) is 89.6 cm³/mol. The second-order valence-corrected chi connectivity index (χ2v) is 7.21. The molecule has 0 rings (SSSR count). The summed E-state index contributed by atoms with van der Waals surface area (Å²) in [7, 11) is 0. The lowest BCUT2D eigenvalue weighted by Crippen LogP contribution is -2.52. The van der Waals surface area contributed by atoms with Crippen LogP contribution in [-0.4, -0.2) is 23.6 Å². The van der Waals surface area contributed by atoms with Crippen molar-refractivity contribution in [2.24, 2.45) is 11.8 Å². The molecule has 0 aromatic carbocycles. The van der Waals surface area contributed by atoms with Gasteiger partial charge in [0.1, 0.15) is 0 Å². The summed E-state index contributed by atoms with van der Waals surface area (Å²) in [4.78, 5) is 7.10. The molecule has 4 atom stereocenters. The maximum absolute atomic E-state index is 14.6. The Bertz CT molecular complexity index is 391. The normalized spacial score (nSPS) is 20.0. The van der Waals surface area contributed by atoms with Crippen LogP contribution in [0.2, 0.25) is 0 Å². The van der Waals surface area contributed by atoms with E-state index in [-0.39, 0.29) is 25.7 Å². The molecule has 4 unspecified atom stereocenters. The molecule has 0 spiro atoms. The van der Waals surface area contributed by atoms with Crippen LogP contribution in [0.25, 0.3) is 0 Å². The minimum absolute atomic E-state index is 0.0779. The van der Waals surface area contributed by atoms with Crippen LogP contribution >= 0.6 is 0 Å². The Labute approximate surface area is 157 Å². The monoisotopic (exact) mass is 410 g/mol. The first-order valence-electron chi connectivity index (χ1n) is 9.41. The summed E-state index contributed by atoms with van der Waals surface area (Å²) in [5.74, 6) is -2.19. The molecule has 0 saturated carbocycles. The van der Waals surface area contributed by atoms with E-state index in [4.69, 9.17) is 0 Å². The molecule has 0 aromatic heterocycles. The predicted octanol–water partition coefficient (Wildman–Crippen LogP) is 7.16. The summed E-state index contributed by atoms with van der Waals surface area (Å²) >= 11 is 0. The average Bonchev–Trinajstić information content (AvgIpc) is 2.56. The summed E-state index contributed by atoms with van der Waals surface area (Å²) in [6.45, 7) is 7.64. The Morgan fingerprint density at radius 3 is 1.15 bits per heavy atom. The van der Waals surface area contributed by atoms with Crippen LogP contribution in [0.3, 0.4) is 0 Å². The summed E-state index contributed by atoms with van der Waals surface area (Å²) in [5.41, 5.74) is -6.38. The molecule has 0 fully saturated rings. The number of alkyl halides is 6. The summed E-state index contributed by atoms with van der Waals surface area (Å²) in [6, 6.07) is 0. The lowest BCUT2D eigenvalue weighted by Gasteiger charge is -2.36. The highest BCUT2D eigenvalue weighted by molar-refractivity contribution is 4.90. The highest BCUT2D eigenvalue weighted by Gasteiger charge is 2.61. The summed E-state index contributed by atoms with van der Waals surface area (Å²) < 4.78 is 85.3. The van der Waals surface area contributed by atoms with Gasteiger partial charge in [0, 0.05) is 11.8 Å². The molecule has 0 amide bonds. The number of hydrogen-bond acceptors (Lipinski definition) is 3. The fraction of sp³-hybridized carbons (Fsp3) is 1.00. The second kappa shape index (κ2) is 10.3. The molecule has 0 aliphatic heterocycles. The van der Waals surface area contributed by atoms with E-state index in [0.717, 1.165) is 0 Å². The third-order valence-electron chi connectivity index (χ3n) is 5.21. The molecule has 0 N–H and O–H groups in total. The lowest BCUT2D eigenvalue weighted by molar-refractivity contribution is -0.643. The molecule has 0 radical (unpaired) electrons. The van der Waals surface area contributed by atoms with E-state index in [1.54, 1.807) is 13.8 Å². The Balaban J connectivity index is 5.10. The van der Waals surface area contributed by atoms with Crippen molar-refractivity contribution in [3.63, 3.8) is 0 Å². The zero-order chi connectivity index (χ0) is 21.5. The van der Waals surface area contributed by atoms with E-state index in [1.165, 1.54) is 13.8 Å². The van der Waals surface area contributed by atoms with Gasteiger partial charge in [0.15, 0.2) is 0 Å². The highest BCUT2D eigenvalue weighted by atomic mass is 19.3. The van der Waals surface area contributed by atoms with E-state index >= 15 is 0 Å². The number of halogens is 6. The fourth-order valence-electron chi connectivity index (χ4n) is 3.15. The largest absolute Gasteiger partial charge is 0.417 e. The van der Waals surface area contributed by atoms with Gasteiger partial charge in [0.05, 0.1) is 0 Å². The molecular weight excluding hydrogens is 378 g/mol. The molecule has 3 nitrogen and oxygen atoms in total. The summed E-state index contributed by atoms with van der Waals surface area (Å²) in [6.07, 6.45) is -7.82. The van der Waals surface area contributed by atoms with E-state index < -0.39 is 35.4 Å². The Morgan fingerprint density at radius 2 is 0.926 bits per heavy atom. The van der Waals surface area contributed by atoms with Gasteiger partial charge < -0.3 is 0 Å². The molecule has 0 heterocycles. The Morgan fingerprint density at radius 1 is 0.630 bits per heavy atom. The maximum Gasteiger partial charge on any atom is 0.417 e. The van der Waals surface area contributed by atoms with Gasteiger partial charge in [-0.05, 0) is 39.5 Å². The van der Waals surface area contributed by atoms with Crippen LogP contribution < -0.4 is 0 Å². The minimum atomic E-state index is -4.57. The van der Waals surface area contributed by atoms with Crippen molar-refractivity contribution in [2.75, 3.05) is 0 Å². The quantitative estimate of drug-likeness (QED) is 0.173. The van der Waals surface area contributed by atoms with E-state index in [9.17, 15) is 26.3 Å². The van der Waals surface area contributed by atoms with Crippen molar-refractivity contribution < 1.29 is 41.2 Å². The first-order valence-corrected chi connectivity index (χ1v) is 9.41. The van der Waals surface area contributed by atoms with Crippen molar-refractivity contribution >= 4 is 0 Å². The van der Waals surface area contributed by atoms with Crippen LogP contribution in [0.5, 0.6) is 0 Å². The highest BCUT2D eigenvalue weighted by Crippen LogP contribution is 2.45. The third kappa shape index (κ3) is 6.22. The molecule has 164 valence electrons. The van der Waals surface area contributed by atoms with Gasteiger partial charge in [0.2, 0.25) is 11.3 Å². The molecule has 0 aromatic rings. The van der Waals surface area contributed by atoms with Crippen molar-refractivity contribution in [3.8, 4) is 0 Å². The first kappa shape index (κ1) is 26.5. The van der Waals surface area contributed by atoms with Crippen molar-refractivity contribution in [1.82, 2.24) is 0 Å². The second-order valence-electron chi connectivity index (χ2n) is 7.21. The van der Waals surface area contributed by atoms with Gasteiger partial charge in [-0.1, -0.05) is 45.6 Å². The summed E-state index contributed by atoms with van der Waals surface area (Å²) in [5, 5.41) is 3.50. The van der Waals surface area contributed by atoms with Crippen LogP contribution in [-0.2, 0) is 14.8 Å². The minimum Gasteiger partial charge on any atom is -0.234 e. The van der Waals surface area contributed by atoms with Crippen molar-refractivity contribution in [2.45, 2.75) is 104 Å². The van der Waals surface area contributed by atoms with E-state index in [0.29, 0.717) is 26.7 Å². The molecule has 9 heteroatoms. The van der Waals surface area contributed by atoms with Gasteiger partial charge in [-0.3, -0.25) is 0 Å². The zero-order valence-corrected chi connectivity index (χ0v) is 16.9. The topological polar surface area (TPSA) is 27.7 Å². The smallest absolute Gasteiger partial charge is 0.234 e. The average molecular weight is 410 g/mol. The van der Waals surface area contributed by atoms with Crippen LogP contribution in [0.4, 0.5) is 26.3 Å². The molecule has 0 saturated heterocycles. The van der Waals surface area contributed by atoms with Crippen molar-refractivity contribution in [1.29, 1.82) is 0 Å². The van der Waals surface area contributed by atoms with Crippen LogP contribution in [0.15, 0.2) is 0 Å². The van der Waals surface area contributed by atoms with Gasteiger partial charge in [-0.25, -0.2) is 8.78 Å². The van der Waals surface area contributed by atoms with Gasteiger partial charge >= 0.3 is 12.2 Å². The number of rotatable bonds is 14. The van der Waals surface area contributed by atoms with Crippen LogP contribution in [0, 0.1) is 11.8 Å². The Kier molecular flexibility index (Phi) is 10.1. The molecular formula is C18H32F6O3. The first-order chi connectivity index (χ1) is 12.2. The zero-order valence-electron chi connectivity index (χ0n) is 16.9. The van der Waals surface area contributed by atoms with Crippen LogP contribution in [0.1, 0.15) is 80.1 Å². The SMILES string of the molecule is CCCC(CC)C(C)(F)C(F)(F)OOOC(F)(F)C(C)(F)C(CC)CCC. The lowest BCUT2D eigenvalue weighted by atomic mass is 9.84. The van der Waals surface area contributed by atoms with Gasteiger partial charge in [-0.2, -0.15) is 17.6 Å². The molecule has 0 aliphatic carbocycles.